The van der Waals surface area contributed by atoms with Crippen molar-refractivity contribution in [2.24, 2.45) is 5.10 Å². The normalized spacial score (nSPS) is 11.0. The number of phenolic OH excluding ortho intramolecular Hbond substituents is 1. The van der Waals surface area contributed by atoms with Crippen LogP contribution >= 0.6 is 35.4 Å². The second-order valence-corrected chi connectivity index (χ2v) is 6.37. The fourth-order valence-corrected chi connectivity index (χ4v) is 2.77. The zero-order valence-corrected chi connectivity index (χ0v) is 16.6. The van der Waals surface area contributed by atoms with Crippen LogP contribution in [0.25, 0.3) is 0 Å². The Morgan fingerprint density at radius 1 is 1.12 bits per heavy atom. The highest BCUT2D eigenvalue weighted by Gasteiger charge is 2.11. The third-order valence-electron chi connectivity index (χ3n) is 3.38. The van der Waals surface area contributed by atoms with Crippen molar-refractivity contribution in [3.63, 3.8) is 0 Å². The number of hydrazone groups is 1. The van der Waals surface area contributed by atoms with Gasteiger partial charge in [-0.2, -0.15) is 5.10 Å². The maximum absolute atomic E-state index is 10.0. The Kier molecular flexibility index (Phi) is 6.90. The minimum Gasteiger partial charge on any atom is -0.506 e. The van der Waals surface area contributed by atoms with Crippen molar-refractivity contribution in [1.82, 2.24) is 5.43 Å². The van der Waals surface area contributed by atoms with Crippen molar-refractivity contribution in [2.45, 2.75) is 6.92 Å². The number of halogens is 2. The van der Waals surface area contributed by atoms with Crippen LogP contribution in [-0.4, -0.2) is 30.2 Å². The van der Waals surface area contributed by atoms with Gasteiger partial charge in [-0.25, -0.2) is 0 Å². The van der Waals surface area contributed by atoms with Gasteiger partial charge in [0.15, 0.2) is 16.6 Å². The molecule has 0 aliphatic carbocycles. The minimum absolute atomic E-state index is 0.0992. The highest BCUT2D eigenvalue weighted by molar-refractivity contribution is 7.80. The van der Waals surface area contributed by atoms with Crippen molar-refractivity contribution in [2.75, 3.05) is 19.5 Å². The average Bonchev–Trinajstić information content (AvgIpc) is 2.62. The Morgan fingerprint density at radius 3 is 2.46 bits per heavy atom. The topological polar surface area (TPSA) is 75.1 Å². The molecule has 0 saturated carbocycles. The van der Waals surface area contributed by atoms with Gasteiger partial charge in [-0.1, -0.05) is 23.2 Å². The van der Waals surface area contributed by atoms with Crippen molar-refractivity contribution >= 4 is 51.9 Å². The largest absolute Gasteiger partial charge is 0.506 e. The molecule has 0 aliphatic heterocycles. The Balaban J connectivity index is 2.10. The molecule has 0 atom stereocenters. The molecule has 0 bridgehead atoms. The molecule has 26 heavy (non-hydrogen) atoms. The van der Waals surface area contributed by atoms with Crippen LogP contribution in [-0.2, 0) is 0 Å². The quantitative estimate of drug-likeness (QED) is 0.382. The summed E-state index contributed by atoms with van der Waals surface area (Å²) in [4.78, 5) is 0. The number of phenols is 1. The number of hydrogen-bond acceptors (Lipinski definition) is 5. The van der Waals surface area contributed by atoms with Crippen LogP contribution in [0.2, 0.25) is 10.0 Å². The lowest BCUT2D eigenvalue weighted by Crippen LogP contribution is -2.25. The van der Waals surface area contributed by atoms with Gasteiger partial charge in [0.25, 0.3) is 0 Å². The van der Waals surface area contributed by atoms with E-state index in [-0.39, 0.29) is 15.9 Å². The smallest absolute Gasteiger partial charge is 0.191 e. The zero-order valence-electron chi connectivity index (χ0n) is 14.3. The molecule has 2 aromatic rings. The number of ether oxygens (including phenoxy) is 2. The van der Waals surface area contributed by atoms with E-state index in [9.17, 15) is 5.11 Å². The van der Waals surface area contributed by atoms with Gasteiger partial charge >= 0.3 is 0 Å². The monoisotopic (exact) mass is 413 g/mol. The molecule has 2 rings (SSSR count). The SMILES string of the molecule is COc1ccc(NC(=S)N/N=C(\C)c2cc(Cl)cc(Cl)c2O)cc1OC. The molecule has 6 nitrogen and oxygen atoms in total. The van der Waals surface area contributed by atoms with Crippen LogP contribution < -0.4 is 20.2 Å². The molecule has 0 saturated heterocycles. The Hall–Kier alpha value is -2.22. The number of nitrogens with one attached hydrogen (secondary N) is 2. The van der Waals surface area contributed by atoms with Crippen LogP contribution in [0.5, 0.6) is 17.2 Å². The second-order valence-electron chi connectivity index (χ2n) is 5.12. The van der Waals surface area contributed by atoms with Gasteiger partial charge in [0.05, 0.1) is 25.0 Å². The van der Waals surface area contributed by atoms with E-state index in [2.05, 4.69) is 15.8 Å². The Bertz CT molecular complexity index is 859. The summed E-state index contributed by atoms with van der Waals surface area (Å²) in [5, 5.41) is 17.9. The van der Waals surface area contributed by atoms with E-state index in [0.29, 0.717) is 33.5 Å². The minimum atomic E-state index is -0.0992. The van der Waals surface area contributed by atoms with E-state index in [0.717, 1.165) is 0 Å². The van der Waals surface area contributed by atoms with Crippen LogP contribution in [0.15, 0.2) is 35.4 Å². The van der Waals surface area contributed by atoms with Crippen molar-refractivity contribution in [1.29, 1.82) is 0 Å². The summed E-state index contributed by atoms with van der Waals surface area (Å²) in [5.41, 5.74) is 4.26. The number of benzene rings is 2. The lowest BCUT2D eigenvalue weighted by molar-refractivity contribution is 0.355. The summed E-state index contributed by atoms with van der Waals surface area (Å²) in [5.74, 6) is 1.08. The summed E-state index contributed by atoms with van der Waals surface area (Å²) in [7, 11) is 3.11. The predicted octanol–water partition coefficient (Wildman–Crippen LogP) is 4.43. The molecule has 0 aliphatic rings. The van der Waals surface area contributed by atoms with Gasteiger partial charge in [-0.15, -0.1) is 0 Å². The van der Waals surface area contributed by atoms with E-state index >= 15 is 0 Å². The molecular formula is C17H17Cl2N3O3S. The average molecular weight is 414 g/mol. The van der Waals surface area contributed by atoms with Gasteiger partial charge < -0.3 is 19.9 Å². The molecule has 0 heterocycles. The fourth-order valence-electron chi connectivity index (χ4n) is 2.11. The lowest BCUT2D eigenvalue weighted by atomic mass is 10.1. The second kappa shape index (κ2) is 8.93. The highest BCUT2D eigenvalue weighted by atomic mass is 35.5. The van der Waals surface area contributed by atoms with Crippen LogP contribution in [0.1, 0.15) is 12.5 Å². The number of anilines is 1. The summed E-state index contributed by atoms with van der Waals surface area (Å²) in [6.45, 7) is 1.69. The van der Waals surface area contributed by atoms with Gasteiger partial charge in [-0.3, -0.25) is 5.43 Å². The summed E-state index contributed by atoms with van der Waals surface area (Å²) in [6, 6.07) is 8.30. The number of rotatable bonds is 5. The van der Waals surface area contributed by atoms with Gasteiger partial charge in [0, 0.05) is 22.3 Å². The number of methoxy groups -OCH3 is 2. The standard InChI is InChI=1S/C17H17Cl2N3O3S/c1-9(12-6-10(18)7-13(19)16(12)23)21-22-17(26)20-11-4-5-14(24-2)15(8-11)25-3/h4-8,23H,1-3H3,(H2,20,22,26)/b21-9+. The first-order chi connectivity index (χ1) is 12.3. The molecule has 3 N–H and O–H groups in total. The highest BCUT2D eigenvalue weighted by Crippen LogP contribution is 2.31. The van der Waals surface area contributed by atoms with Gasteiger partial charge in [0.2, 0.25) is 0 Å². The van der Waals surface area contributed by atoms with Crippen molar-refractivity contribution in [3.05, 3.63) is 45.9 Å². The molecule has 0 aromatic heterocycles. The summed E-state index contributed by atoms with van der Waals surface area (Å²) < 4.78 is 10.4. The van der Waals surface area contributed by atoms with E-state index in [1.54, 1.807) is 45.4 Å². The Morgan fingerprint density at radius 2 is 1.81 bits per heavy atom. The third-order valence-corrected chi connectivity index (χ3v) is 4.08. The molecule has 0 spiro atoms. The van der Waals surface area contributed by atoms with Crippen molar-refractivity contribution < 1.29 is 14.6 Å². The van der Waals surface area contributed by atoms with Crippen LogP contribution in [0, 0.1) is 0 Å². The van der Waals surface area contributed by atoms with Gasteiger partial charge in [0.1, 0.15) is 5.75 Å². The molecule has 9 heteroatoms. The molecule has 0 amide bonds. The molecule has 0 unspecified atom stereocenters. The molecule has 138 valence electrons. The fraction of sp³-hybridized carbons (Fsp3) is 0.176. The zero-order chi connectivity index (χ0) is 19.3. The molecule has 0 fully saturated rings. The third kappa shape index (κ3) is 4.91. The lowest BCUT2D eigenvalue weighted by Gasteiger charge is -2.12. The first kappa shape index (κ1) is 20.1. The van der Waals surface area contributed by atoms with E-state index < -0.39 is 0 Å². The Labute approximate surface area is 166 Å². The first-order valence-corrected chi connectivity index (χ1v) is 8.53. The summed E-state index contributed by atoms with van der Waals surface area (Å²) >= 11 is 17.1. The van der Waals surface area contributed by atoms with Crippen molar-refractivity contribution in [3.8, 4) is 17.2 Å². The maximum atomic E-state index is 10.0. The van der Waals surface area contributed by atoms with Crippen LogP contribution in [0.3, 0.4) is 0 Å². The summed E-state index contributed by atoms with van der Waals surface area (Å²) in [6.07, 6.45) is 0. The van der Waals surface area contributed by atoms with E-state index in [1.807, 2.05) is 0 Å². The molecular weight excluding hydrogens is 397 g/mol. The maximum Gasteiger partial charge on any atom is 0.191 e. The molecule has 0 radical (unpaired) electrons. The molecule has 2 aromatic carbocycles. The number of thiocarbonyl (C=S) groups is 1. The first-order valence-electron chi connectivity index (χ1n) is 7.37. The number of hydrogen-bond donors (Lipinski definition) is 3. The number of aromatic hydroxyl groups is 1. The predicted molar refractivity (Wildman–Crippen MR) is 109 cm³/mol. The van der Waals surface area contributed by atoms with E-state index in [4.69, 9.17) is 44.9 Å². The van der Waals surface area contributed by atoms with E-state index in [1.165, 1.54) is 6.07 Å². The van der Waals surface area contributed by atoms with Crippen LogP contribution in [0.4, 0.5) is 5.69 Å². The number of nitrogens with zero attached hydrogens (tertiary/aromatic N) is 1. The van der Waals surface area contributed by atoms with Gasteiger partial charge in [-0.05, 0) is 43.4 Å².